The van der Waals surface area contributed by atoms with Gasteiger partial charge in [-0.2, -0.15) is 0 Å². The SMILES string of the molecule is COCC(C)CC(C)O. The molecule has 0 rings (SSSR count). The van der Waals surface area contributed by atoms with Gasteiger partial charge < -0.3 is 9.84 Å². The molecule has 0 amide bonds. The van der Waals surface area contributed by atoms with Gasteiger partial charge in [0.05, 0.1) is 6.10 Å². The Balaban J connectivity index is 3.15. The van der Waals surface area contributed by atoms with E-state index in [0.29, 0.717) is 5.92 Å². The van der Waals surface area contributed by atoms with Crippen LogP contribution >= 0.6 is 0 Å². The monoisotopic (exact) mass is 132 g/mol. The predicted molar refractivity (Wildman–Crippen MR) is 37.3 cm³/mol. The van der Waals surface area contributed by atoms with Crippen LogP contribution in [-0.4, -0.2) is 24.9 Å². The largest absolute Gasteiger partial charge is 0.393 e. The van der Waals surface area contributed by atoms with Crippen LogP contribution in [0.1, 0.15) is 20.3 Å². The van der Waals surface area contributed by atoms with Gasteiger partial charge in [0, 0.05) is 13.7 Å². The van der Waals surface area contributed by atoms with Gasteiger partial charge in [-0.1, -0.05) is 6.92 Å². The highest BCUT2D eigenvalue weighted by Crippen LogP contribution is 2.04. The summed E-state index contributed by atoms with van der Waals surface area (Å²) in [5.41, 5.74) is 0. The quantitative estimate of drug-likeness (QED) is 0.619. The summed E-state index contributed by atoms with van der Waals surface area (Å²) < 4.78 is 4.89. The number of hydrogen-bond donors (Lipinski definition) is 1. The Morgan fingerprint density at radius 3 is 2.33 bits per heavy atom. The molecule has 9 heavy (non-hydrogen) atoms. The van der Waals surface area contributed by atoms with Gasteiger partial charge in [0.2, 0.25) is 0 Å². The van der Waals surface area contributed by atoms with E-state index in [4.69, 9.17) is 9.84 Å². The van der Waals surface area contributed by atoms with Crippen LogP contribution in [0, 0.1) is 5.92 Å². The van der Waals surface area contributed by atoms with Gasteiger partial charge in [0.25, 0.3) is 0 Å². The van der Waals surface area contributed by atoms with E-state index in [-0.39, 0.29) is 6.10 Å². The molecule has 0 aromatic heterocycles. The highest BCUT2D eigenvalue weighted by atomic mass is 16.5. The Bertz CT molecular complexity index is 61.9. The first-order valence-corrected chi connectivity index (χ1v) is 3.33. The molecular formula is C7H16O2. The summed E-state index contributed by atoms with van der Waals surface area (Å²) in [6, 6.07) is 0. The second-order valence-corrected chi connectivity index (χ2v) is 2.65. The van der Waals surface area contributed by atoms with Gasteiger partial charge in [0.1, 0.15) is 0 Å². The van der Waals surface area contributed by atoms with E-state index in [1.54, 1.807) is 14.0 Å². The fourth-order valence-corrected chi connectivity index (χ4v) is 0.935. The molecule has 56 valence electrons. The van der Waals surface area contributed by atoms with E-state index in [9.17, 15) is 0 Å². The predicted octanol–water partition coefficient (Wildman–Crippen LogP) is 1.04. The molecule has 2 nitrogen and oxygen atoms in total. The standard InChI is InChI=1S/C7H16O2/c1-6(5-9-3)4-7(2)8/h6-8H,4-5H2,1-3H3. The van der Waals surface area contributed by atoms with Crippen molar-refractivity contribution in [1.82, 2.24) is 0 Å². The minimum Gasteiger partial charge on any atom is -0.393 e. The molecular weight excluding hydrogens is 116 g/mol. The van der Waals surface area contributed by atoms with E-state index < -0.39 is 0 Å². The van der Waals surface area contributed by atoms with Crippen molar-refractivity contribution in [2.75, 3.05) is 13.7 Å². The third-order valence-electron chi connectivity index (χ3n) is 1.19. The first-order chi connectivity index (χ1) is 4.16. The minimum absolute atomic E-state index is 0.199. The van der Waals surface area contributed by atoms with Crippen LogP contribution in [0.15, 0.2) is 0 Å². The Hall–Kier alpha value is -0.0800. The molecule has 0 aliphatic rings. The van der Waals surface area contributed by atoms with Crippen molar-refractivity contribution in [2.45, 2.75) is 26.4 Å². The van der Waals surface area contributed by atoms with Crippen molar-refractivity contribution >= 4 is 0 Å². The third-order valence-corrected chi connectivity index (χ3v) is 1.19. The van der Waals surface area contributed by atoms with E-state index in [2.05, 4.69) is 6.92 Å². The third kappa shape index (κ3) is 5.80. The maximum absolute atomic E-state index is 8.89. The second kappa shape index (κ2) is 4.77. The second-order valence-electron chi connectivity index (χ2n) is 2.65. The zero-order chi connectivity index (χ0) is 7.28. The smallest absolute Gasteiger partial charge is 0.0515 e. The lowest BCUT2D eigenvalue weighted by Gasteiger charge is -2.10. The van der Waals surface area contributed by atoms with Crippen molar-refractivity contribution in [3.63, 3.8) is 0 Å². The van der Waals surface area contributed by atoms with Gasteiger partial charge in [0.15, 0.2) is 0 Å². The molecule has 0 fully saturated rings. The summed E-state index contributed by atoms with van der Waals surface area (Å²) in [6.07, 6.45) is 0.628. The van der Waals surface area contributed by atoms with E-state index in [1.165, 1.54) is 0 Å². The molecule has 2 unspecified atom stereocenters. The lowest BCUT2D eigenvalue weighted by Crippen LogP contribution is -2.11. The summed E-state index contributed by atoms with van der Waals surface area (Å²) >= 11 is 0. The van der Waals surface area contributed by atoms with Crippen LogP contribution < -0.4 is 0 Å². The average molecular weight is 132 g/mol. The van der Waals surface area contributed by atoms with Crippen molar-refractivity contribution in [1.29, 1.82) is 0 Å². The Morgan fingerprint density at radius 2 is 2.00 bits per heavy atom. The molecule has 0 saturated carbocycles. The van der Waals surface area contributed by atoms with Crippen LogP contribution in [-0.2, 0) is 4.74 Å². The summed E-state index contributed by atoms with van der Waals surface area (Å²) in [5, 5.41) is 8.89. The van der Waals surface area contributed by atoms with Gasteiger partial charge >= 0.3 is 0 Å². The zero-order valence-corrected chi connectivity index (χ0v) is 6.42. The van der Waals surface area contributed by atoms with Crippen LogP contribution in [0.3, 0.4) is 0 Å². The molecule has 0 aromatic rings. The Kier molecular flexibility index (Phi) is 4.72. The highest BCUT2D eigenvalue weighted by molar-refractivity contribution is 4.54. The fourth-order valence-electron chi connectivity index (χ4n) is 0.935. The van der Waals surface area contributed by atoms with Crippen LogP contribution in [0.25, 0.3) is 0 Å². The lowest BCUT2D eigenvalue weighted by atomic mass is 10.1. The molecule has 0 saturated heterocycles. The lowest BCUT2D eigenvalue weighted by molar-refractivity contribution is 0.111. The number of aliphatic hydroxyl groups excluding tert-OH is 1. The molecule has 1 N–H and O–H groups in total. The van der Waals surface area contributed by atoms with Crippen molar-refractivity contribution in [3.8, 4) is 0 Å². The Morgan fingerprint density at radius 1 is 1.44 bits per heavy atom. The summed E-state index contributed by atoms with van der Waals surface area (Å²) in [4.78, 5) is 0. The Labute approximate surface area is 56.8 Å². The molecule has 2 heteroatoms. The number of hydrogen-bond acceptors (Lipinski definition) is 2. The highest BCUT2D eigenvalue weighted by Gasteiger charge is 2.03. The molecule has 0 aliphatic carbocycles. The average Bonchev–Trinajstić information content (AvgIpc) is 1.63. The van der Waals surface area contributed by atoms with Crippen LogP contribution in [0.4, 0.5) is 0 Å². The van der Waals surface area contributed by atoms with Crippen LogP contribution in [0.5, 0.6) is 0 Å². The fraction of sp³-hybridized carbons (Fsp3) is 1.00. The first-order valence-electron chi connectivity index (χ1n) is 3.33. The molecule has 2 atom stereocenters. The van der Waals surface area contributed by atoms with E-state index >= 15 is 0 Å². The first kappa shape index (κ1) is 8.92. The number of ether oxygens (including phenoxy) is 1. The summed E-state index contributed by atoms with van der Waals surface area (Å²) in [6.45, 7) is 4.60. The molecule has 0 aliphatic heterocycles. The van der Waals surface area contributed by atoms with Crippen LogP contribution in [0.2, 0.25) is 0 Å². The molecule has 0 bridgehead atoms. The minimum atomic E-state index is -0.199. The molecule has 0 heterocycles. The number of aliphatic hydroxyl groups is 1. The molecule has 0 radical (unpaired) electrons. The zero-order valence-electron chi connectivity index (χ0n) is 6.42. The number of methoxy groups -OCH3 is 1. The molecule has 0 spiro atoms. The van der Waals surface area contributed by atoms with Gasteiger partial charge in [-0.05, 0) is 19.3 Å². The van der Waals surface area contributed by atoms with Crippen molar-refractivity contribution < 1.29 is 9.84 Å². The topological polar surface area (TPSA) is 29.5 Å². The normalized spacial score (nSPS) is 17.3. The van der Waals surface area contributed by atoms with Crippen molar-refractivity contribution in [3.05, 3.63) is 0 Å². The number of rotatable bonds is 4. The maximum Gasteiger partial charge on any atom is 0.0515 e. The van der Waals surface area contributed by atoms with E-state index in [0.717, 1.165) is 13.0 Å². The van der Waals surface area contributed by atoms with Gasteiger partial charge in [-0.3, -0.25) is 0 Å². The van der Waals surface area contributed by atoms with Gasteiger partial charge in [-0.25, -0.2) is 0 Å². The summed E-state index contributed by atoms with van der Waals surface area (Å²) in [5.74, 6) is 0.468. The van der Waals surface area contributed by atoms with E-state index in [1.807, 2.05) is 0 Å². The van der Waals surface area contributed by atoms with Crippen molar-refractivity contribution in [2.24, 2.45) is 5.92 Å². The summed E-state index contributed by atoms with van der Waals surface area (Å²) in [7, 11) is 1.68. The molecule has 0 aromatic carbocycles. The van der Waals surface area contributed by atoms with Gasteiger partial charge in [-0.15, -0.1) is 0 Å². The maximum atomic E-state index is 8.89.